The lowest BCUT2D eigenvalue weighted by Crippen LogP contribution is -2.24. The van der Waals surface area contributed by atoms with Gasteiger partial charge in [0.2, 0.25) is 0 Å². The van der Waals surface area contributed by atoms with E-state index < -0.39 is 5.82 Å². The van der Waals surface area contributed by atoms with Crippen LogP contribution in [0.2, 0.25) is 0 Å². The van der Waals surface area contributed by atoms with E-state index in [0.717, 1.165) is 11.1 Å². The highest BCUT2D eigenvalue weighted by molar-refractivity contribution is 5.62. The van der Waals surface area contributed by atoms with Crippen molar-refractivity contribution in [2.75, 3.05) is 7.11 Å². The molecule has 0 bridgehead atoms. The standard InChI is InChI=1S/C19H16FN5O2/c1-27-18-7-2-13(8-17(18)20)11-24-12-23-25(19(24)26)16-5-3-14(4-6-16)15-9-21-22-10-15/h2-10,12H,11H2,1H3,(H,21,22). The second kappa shape index (κ2) is 6.91. The summed E-state index contributed by atoms with van der Waals surface area (Å²) in [7, 11) is 1.41. The number of methoxy groups -OCH3 is 1. The van der Waals surface area contributed by atoms with E-state index in [1.807, 2.05) is 24.3 Å². The van der Waals surface area contributed by atoms with Crippen LogP contribution in [0.5, 0.6) is 5.75 Å². The number of benzene rings is 2. The maximum absolute atomic E-state index is 13.8. The molecule has 2 aromatic heterocycles. The van der Waals surface area contributed by atoms with Gasteiger partial charge in [0, 0.05) is 11.8 Å². The molecule has 0 radical (unpaired) electrons. The summed E-state index contributed by atoms with van der Waals surface area (Å²) in [5, 5.41) is 10.8. The van der Waals surface area contributed by atoms with Crippen LogP contribution in [-0.4, -0.2) is 31.7 Å². The second-order valence-electron chi connectivity index (χ2n) is 5.96. The number of ether oxygens (including phenoxy) is 1. The number of halogens is 1. The van der Waals surface area contributed by atoms with Crippen LogP contribution in [0.25, 0.3) is 16.8 Å². The third kappa shape index (κ3) is 3.24. The molecule has 0 fully saturated rings. The smallest absolute Gasteiger partial charge is 0.350 e. The van der Waals surface area contributed by atoms with E-state index in [1.165, 1.54) is 34.8 Å². The molecule has 0 unspecified atom stereocenters. The SMILES string of the molecule is COc1ccc(Cn2cnn(-c3ccc(-c4cn[nH]c4)cc3)c2=O)cc1F. The Morgan fingerprint density at radius 1 is 1.15 bits per heavy atom. The third-order valence-electron chi connectivity index (χ3n) is 4.25. The molecule has 2 aromatic carbocycles. The third-order valence-corrected chi connectivity index (χ3v) is 4.25. The van der Waals surface area contributed by atoms with Crippen molar-refractivity contribution in [3.05, 3.63) is 83.1 Å². The Balaban J connectivity index is 1.59. The first-order chi connectivity index (χ1) is 13.2. The van der Waals surface area contributed by atoms with Gasteiger partial charge in [-0.05, 0) is 35.4 Å². The zero-order valence-corrected chi connectivity index (χ0v) is 14.5. The number of rotatable bonds is 5. The minimum atomic E-state index is -0.467. The van der Waals surface area contributed by atoms with Gasteiger partial charge >= 0.3 is 5.69 Å². The summed E-state index contributed by atoms with van der Waals surface area (Å²) in [6, 6.07) is 12.0. The van der Waals surface area contributed by atoms with Crippen LogP contribution < -0.4 is 10.4 Å². The molecule has 136 valence electrons. The predicted octanol–water partition coefficient (Wildman–Crippen LogP) is 2.62. The molecular weight excluding hydrogens is 349 g/mol. The highest BCUT2D eigenvalue weighted by Gasteiger charge is 2.10. The molecule has 1 N–H and O–H groups in total. The molecule has 0 aliphatic heterocycles. The zero-order chi connectivity index (χ0) is 18.8. The first kappa shape index (κ1) is 16.8. The number of hydrogen-bond acceptors (Lipinski definition) is 4. The minimum Gasteiger partial charge on any atom is -0.494 e. The number of nitrogens with zero attached hydrogens (tertiary/aromatic N) is 4. The van der Waals surface area contributed by atoms with E-state index in [1.54, 1.807) is 18.5 Å². The molecule has 7 nitrogen and oxygen atoms in total. The maximum atomic E-state index is 13.8. The fourth-order valence-corrected chi connectivity index (χ4v) is 2.83. The maximum Gasteiger partial charge on any atom is 0.350 e. The van der Waals surface area contributed by atoms with Crippen molar-refractivity contribution in [2.24, 2.45) is 0 Å². The van der Waals surface area contributed by atoms with Gasteiger partial charge in [-0.1, -0.05) is 18.2 Å². The fourth-order valence-electron chi connectivity index (χ4n) is 2.83. The van der Waals surface area contributed by atoms with Crippen molar-refractivity contribution in [1.29, 1.82) is 0 Å². The molecule has 0 saturated carbocycles. The van der Waals surface area contributed by atoms with Crippen molar-refractivity contribution in [2.45, 2.75) is 6.54 Å². The van der Waals surface area contributed by atoms with E-state index in [4.69, 9.17) is 4.74 Å². The first-order valence-corrected chi connectivity index (χ1v) is 8.22. The van der Waals surface area contributed by atoms with E-state index in [2.05, 4.69) is 15.3 Å². The molecule has 8 heteroatoms. The molecule has 4 rings (SSSR count). The molecule has 0 spiro atoms. The molecule has 0 amide bonds. The van der Waals surface area contributed by atoms with Gasteiger partial charge in [-0.3, -0.25) is 9.67 Å². The van der Waals surface area contributed by atoms with Crippen LogP contribution in [-0.2, 0) is 6.54 Å². The van der Waals surface area contributed by atoms with Gasteiger partial charge in [0.15, 0.2) is 11.6 Å². The Kier molecular flexibility index (Phi) is 4.29. The number of aromatic amines is 1. The van der Waals surface area contributed by atoms with Gasteiger partial charge < -0.3 is 4.74 Å². The summed E-state index contributed by atoms with van der Waals surface area (Å²) in [4.78, 5) is 12.6. The highest BCUT2D eigenvalue weighted by atomic mass is 19.1. The first-order valence-electron chi connectivity index (χ1n) is 8.22. The number of aromatic nitrogens is 5. The Morgan fingerprint density at radius 3 is 2.63 bits per heavy atom. The van der Waals surface area contributed by atoms with Crippen LogP contribution in [0, 0.1) is 5.82 Å². The zero-order valence-electron chi connectivity index (χ0n) is 14.5. The van der Waals surface area contributed by atoms with Crippen molar-refractivity contribution < 1.29 is 9.13 Å². The number of H-pyrrole nitrogens is 1. The topological polar surface area (TPSA) is 77.7 Å². The van der Waals surface area contributed by atoms with Crippen molar-refractivity contribution in [3.63, 3.8) is 0 Å². The molecule has 0 aliphatic carbocycles. The molecule has 27 heavy (non-hydrogen) atoms. The van der Waals surface area contributed by atoms with Crippen LogP contribution in [0.4, 0.5) is 4.39 Å². The Bertz CT molecular complexity index is 1110. The molecule has 4 aromatic rings. The Hall–Kier alpha value is -3.68. The van der Waals surface area contributed by atoms with Gasteiger partial charge in [0.25, 0.3) is 0 Å². The summed E-state index contributed by atoms with van der Waals surface area (Å²) in [6.45, 7) is 0.215. The fraction of sp³-hybridized carbons (Fsp3) is 0.105. The molecule has 0 aliphatic rings. The molecule has 2 heterocycles. The summed E-state index contributed by atoms with van der Waals surface area (Å²) in [5.41, 5.74) is 2.93. The second-order valence-corrected chi connectivity index (χ2v) is 5.96. The largest absolute Gasteiger partial charge is 0.494 e. The van der Waals surface area contributed by atoms with Crippen LogP contribution in [0.1, 0.15) is 5.56 Å². The average molecular weight is 365 g/mol. The quantitative estimate of drug-likeness (QED) is 0.590. The Morgan fingerprint density at radius 2 is 1.96 bits per heavy atom. The minimum absolute atomic E-state index is 0.166. The van der Waals surface area contributed by atoms with Crippen LogP contribution in [0.3, 0.4) is 0 Å². The monoisotopic (exact) mass is 365 g/mol. The van der Waals surface area contributed by atoms with Gasteiger partial charge in [0.1, 0.15) is 6.33 Å². The molecular formula is C19H16FN5O2. The van der Waals surface area contributed by atoms with Crippen molar-refractivity contribution in [1.82, 2.24) is 24.5 Å². The highest BCUT2D eigenvalue weighted by Crippen LogP contribution is 2.19. The lowest BCUT2D eigenvalue weighted by Gasteiger charge is -2.05. The molecule has 0 saturated heterocycles. The van der Waals surface area contributed by atoms with Crippen LogP contribution >= 0.6 is 0 Å². The average Bonchev–Trinajstić information content (AvgIpc) is 3.33. The van der Waals surface area contributed by atoms with Gasteiger partial charge in [-0.2, -0.15) is 14.9 Å². The van der Waals surface area contributed by atoms with E-state index in [0.29, 0.717) is 11.3 Å². The van der Waals surface area contributed by atoms with Crippen molar-refractivity contribution >= 4 is 0 Å². The summed E-state index contributed by atoms with van der Waals surface area (Å²) >= 11 is 0. The van der Waals surface area contributed by atoms with E-state index >= 15 is 0 Å². The van der Waals surface area contributed by atoms with E-state index in [-0.39, 0.29) is 18.0 Å². The lowest BCUT2D eigenvalue weighted by molar-refractivity contribution is 0.386. The normalized spacial score (nSPS) is 10.9. The molecule has 0 atom stereocenters. The van der Waals surface area contributed by atoms with Gasteiger partial charge in [-0.25, -0.2) is 9.18 Å². The van der Waals surface area contributed by atoms with Gasteiger partial charge in [0.05, 0.1) is 25.5 Å². The lowest BCUT2D eigenvalue weighted by atomic mass is 10.1. The van der Waals surface area contributed by atoms with E-state index in [9.17, 15) is 9.18 Å². The van der Waals surface area contributed by atoms with Crippen molar-refractivity contribution in [3.8, 4) is 22.6 Å². The number of hydrogen-bond donors (Lipinski definition) is 1. The van der Waals surface area contributed by atoms with Gasteiger partial charge in [-0.15, -0.1) is 0 Å². The van der Waals surface area contributed by atoms with Crippen LogP contribution in [0.15, 0.2) is 66.0 Å². The Labute approximate surface area is 153 Å². The predicted molar refractivity (Wildman–Crippen MR) is 97.5 cm³/mol. The number of nitrogens with one attached hydrogen (secondary N) is 1. The summed E-state index contributed by atoms with van der Waals surface area (Å²) in [6.07, 6.45) is 4.96. The summed E-state index contributed by atoms with van der Waals surface area (Å²) in [5.74, 6) is -0.301. The summed E-state index contributed by atoms with van der Waals surface area (Å²) < 4.78 is 21.5.